The van der Waals surface area contributed by atoms with E-state index in [0.717, 1.165) is 76.1 Å². The number of fused-ring (bicyclic) bond motifs is 8. The molecule has 1 amide bonds. The number of hydrogen-bond donors (Lipinski definition) is 2. The van der Waals surface area contributed by atoms with E-state index in [1.165, 1.54) is 31.7 Å². The Morgan fingerprint density at radius 2 is 1.13 bits per heavy atom. The topological polar surface area (TPSA) is 134 Å². The van der Waals surface area contributed by atoms with Crippen LogP contribution in [0.5, 0.6) is 11.8 Å². The first-order chi connectivity index (χ1) is 26.2. The van der Waals surface area contributed by atoms with Crippen molar-refractivity contribution in [3.8, 4) is 11.8 Å². The molecule has 6 aliphatic carbocycles. The fourth-order valence-electron chi connectivity index (χ4n) is 9.65. The molecule has 296 valence electrons. The molecule has 12 heteroatoms. The zero-order valence-electron chi connectivity index (χ0n) is 33.0. The van der Waals surface area contributed by atoms with Gasteiger partial charge in [0.25, 0.3) is 0 Å². The molecular formula is C43H56F2N6O4. The minimum Gasteiger partial charge on any atom is -0.481 e. The highest BCUT2D eigenvalue weighted by atomic mass is 19.1. The first-order valence-corrected chi connectivity index (χ1v) is 19.9. The maximum Gasteiger partial charge on any atom is 0.408 e. The van der Waals surface area contributed by atoms with Crippen LogP contribution in [0.1, 0.15) is 122 Å². The molecule has 0 spiro atoms. The van der Waals surface area contributed by atoms with Crippen LogP contribution in [-0.4, -0.2) is 56.9 Å². The molecule has 6 aliphatic rings. The van der Waals surface area contributed by atoms with Gasteiger partial charge >= 0.3 is 6.09 Å². The second-order valence-electron chi connectivity index (χ2n) is 17.9. The average Bonchev–Trinajstić information content (AvgIpc) is 3.17. The molecule has 6 fully saturated rings. The number of carbonyl (C=O) groups is 1. The lowest BCUT2D eigenvalue weighted by atomic mass is 9.56. The summed E-state index contributed by atoms with van der Waals surface area (Å²) in [5, 5.41) is 3.16. The van der Waals surface area contributed by atoms with E-state index in [-0.39, 0.29) is 34.2 Å². The van der Waals surface area contributed by atoms with Gasteiger partial charge in [0, 0.05) is 34.3 Å². The Balaban J connectivity index is 0.000000174. The lowest BCUT2D eigenvalue weighted by Crippen LogP contribution is -2.57. The van der Waals surface area contributed by atoms with Crippen LogP contribution in [0, 0.1) is 22.5 Å². The van der Waals surface area contributed by atoms with Crippen LogP contribution in [-0.2, 0) is 17.6 Å². The summed E-state index contributed by atoms with van der Waals surface area (Å²) in [5.41, 5.74) is 10.3. The van der Waals surface area contributed by atoms with E-state index in [0.29, 0.717) is 57.7 Å². The van der Waals surface area contributed by atoms with E-state index in [1.807, 2.05) is 32.9 Å². The van der Waals surface area contributed by atoms with Gasteiger partial charge in [-0.1, -0.05) is 0 Å². The molecule has 4 aromatic rings. The predicted molar refractivity (Wildman–Crippen MR) is 208 cm³/mol. The fraction of sp³-hybridized carbons (Fsp3) is 0.605. The summed E-state index contributed by atoms with van der Waals surface area (Å²) in [7, 11) is 3.13. The largest absolute Gasteiger partial charge is 0.481 e. The SMILES string of the molecule is COc1ccc2ncc(F)c(CCC34CCC(N)(CC3)CC4)c2n1.COc1ccc2ncc(F)c(CCC34CCC(NC(=O)OC(C)(C)C)(CC3)CC4)c2n1. The van der Waals surface area contributed by atoms with Crippen LogP contribution in [0.3, 0.4) is 0 Å². The van der Waals surface area contributed by atoms with Crippen molar-refractivity contribution >= 4 is 28.2 Å². The maximum absolute atomic E-state index is 14.7. The molecular weight excluding hydrogens is 703 g/mol. The number of alkyl carbamates (subject to hydrolysis) is 1. The second-order valence-corrected chi connectivity index (χ2v) is 17.9. The molecule has 4 heterocycles. The van der Waals surface area contributed by atoms with Crippen molar-refractivity contribution in [2.45, 2.75) is 140 Å². The number of nitrogens with two attached hydrogens (primary N) is 1. The zero-order chi connectivity index (χ0) is 39.1. The predicted octanol–water partition coefficient (Wildman–Crippen LogP) is 9.09. The minimum absolute atomic E-state index is 0.0747. The number of nitrogens with zero attached hydrogens (tertiary/aromatic N) is 4. The van der Waals surface area contributed by atoms with Gasteiger partial charge in [-0.05, 0) is 146 Å². The summed E-state index contributed by atoms with van der Waals surface area (Å²) in [5.74, 6) is 0.391. The summed E-state index contributed by atoms with van der Waals surface area (Å²) in [6.07, 6.45) is 18.3. The van der Waals surface area contributed by atoms with E-state index in [1.54, 1.807) is 26.4 Å². The van der Waals surface area contributed by atoms with Gasteiger partial charge in [-0.3, -0.25) is 9.97 Å². The van der Waals surface area contributed by atoms with Gasteiger partial charge in [0.15, 0.2) is 0 Å². The summed E-state index contributed by atoms with van der Waals surface area (Å²) < 4.78 is 45.0. The highest BCUT2D eigenvalue weighted by Crippen LogP contribution is 2.55. The second kappa shape index (κ2) is 15.0. The number of carbonyl (C=O) groups excluding carboxylic acids is 1. The van der Waals surface area contributed by atoms with E-state index >= 15 is 0 Å². The Labute approximate surface area is 322 Å². The number of nitrogens with one attached hydrogen (secondary N) is 1. The third kappa shape index (κ3) is 8.49. The van der Waals surface area contributed by atoms with Gasteiger partial charge < -0.3 is 25.3 Å². The lowest BCUT2D eigenvalue weighted by molar-refractivity contribution is 0.000859. The van der Waals surface area contributed by atoms with Crippen LogP contribution in [0.4, 0.5) is 13.6 Å². The summed E-state index contributed by atoms with van der Waals surface area (Å²) >= 11 is 0. The molecule has 6 saturated carbocycles. The van der Waals surface area contributed by atoms with Gasteiger partial charge in [0.1, 0.15) is 17.2 Å². The fourth-order valence-corrected chi connectivity index (χ4v) is 9.65. The molecule has 0 saturated heterocycles. The lowest BCUT2D eigenvalue weighted by Gasteiger charge is -2.53. The Hall–Kier alpha value is -4.19. The number of hydrogen-bond acceptors (Lipinski definition) is 9. The van der Waals surface area contributed by atoms with E-state index in [9.17, 15) is 13.6 Å². The van der Waals surface area contributed by atoms with Gasteiger partial charge in [0.05, 0.1) is 48.7 Å². The van der Waals surface area contributed by atoms with Crippen LogP contribution in [0.2, 0.25) is 0 Å². The van der Waals surface area contributed by atoms with Crippen molar-refractivity contribution in [3.05, 3.63) is 59.4 Å². The number of rotatable bonds is 9. The van der Waals surface area contributed by atoms with E-state index < -0.39 is 5.60 Å². The summed E-state index contributed by atoms with van der Waals surface area (Å²) in [6.45, 7) is 5.64. The number of ether oxygens (including phenoxy) is 3. The molecule has 3 N–H and O–H groups in total. The molecule has 55 heavy (non-hydrogen) atoms. The quantitative estimate of drug-likeness (QED) is 0.171. The molecule has 0 aliphatic heterocycles. The Morgan fingerprint density at radius 1 is 0.709 bits per heavy atom. The standard InChI is InChI=1S/C24H32FN3O3.C19H24FN3O/c1-22(2,3)31-21(29)28-24-12-9-23(10-13-24,11-14-24)8-7-16-17(25)15-26-18-5-6-19(30-4)27-20(16)18;1-24-16-3-2-15-17(23-16)13(14(20)12-22-15)4-5-18-6-9-19(21,10-7-18)11-8-18/h5-6,15H,7-14H2,1-4H3,(H,28,29);2-3,12H,4-11,21H2,1H3. The van der Waals surface area contributed by atoms with Crippen molar-refractivity contribution < 1.29 is 27.8 Å². The van der Waals surface area contributed by atoms with Gasteiger partial charge in [-0.15, -0.1) is 0 Å². The Morgan fingerprint density at radius 3 is 1.53 bits per heavy atom. The summed E-state index contributed by atoms with van der Waals surface area (Å²) in [6, 6.07) is 7.17. The minimum atomic E-state index is -0.498. The average molecular weight is 759 g/mol. The number of amides is 1. The maximum atomic E-state index is 14.7. The van der Waals surface area contributed by atoms with Gasteiger partial charge in [-0.25, -0.2) is 23.5 Å². The molecule has 4 aromatic heterocycles. The molecule has 10 nitrogen and oxygen atoms in total. The smallest absolute Gasteiger partial charge is 0.408 e. The zero-order valence-corrected chi connectivity index (χ0v) is 33.0. The number of aromatic nitrogens is 4. The Bertz CT molecular complexity index is 2000. The Kier molecular flexibility index (Phi) is 10.7. The first-order valence-electron chi connectivity index (χ1n) is 19.9. The van der Waals surface area contributed by atoms with Crippen molar-refractivity contribution in [1.29, 1.82) is 0 Å². The number of aryl methyl sites for hydroxylation is 2. The van der Waals surface area contributed by atoms with Crippen LogP contribution < -0.4 is 20.5 Å². The number of halogens is 2. The first kappa shape index (κ1) is 39.1. The highest BCUT2D eigenvalue weighted by Gasteiger charge is 2.49. The van der Waals surface area contributed by atoms with Gasteiger partial charge in [0.2, 0.25) is 11.8 Å². The van der Waals surface area contributed by atoms with Crippen LogP contribution in [0.15, 0.2) is 36.7 Å². The molecule has 0 atom stereocenters. The molecule has 0 radical (unpaired) electrons. The van der Waals surface area contributed by atoms with E-state index in [2.05, 4.69) is 25.3 Å². The van der Waals surface area contributed by atoms with Crippen LogP contribution >= 0.6 is 0 Å². The van der Waals surface area contributed by atoms with Crippen LogP contribution in [0.25, 0.3) is 22.1 Å². The summed E-state index contributed by atoms with van der Waals surface area (Å²) in [4.78, 5) is 29.6. The third-order valence-corrected chi connectivity index (χ3v) is 13.3. The molecule has 0 unspecified atom stereocenters. The molecule has 0 aromatic carbocycles. The van der Waals surface area contributed by atoms with Crippen molar-refractivity contribution in [3.63, 3.8) is 0 Å². The normalized spacial score (nSPS) is 27.1. The monoisotopic (exact) mass is 758 g/mol. The van der Waals surface area contributed by atoms with Crippen molar-refractivity contribution in [2.75, 3.05) is 14.2 Å². The van der Waals surface area contributed by atoms with Crippen molar-refractivity contribution in [1.82, 2.24) is 25.3 Å². The van der Waals surface area contributed by atoms with Gasteiger partial charge in [-0.2, -0.15) is 0 Å². The van der Waals surface area contributed by atoms with E-state index in [4.69, 9.17) is 19.9 Å². The number of methoxy groups -OCH3 is 2. The molecule has 4 bridgehead atoms. The number of pyridine rings is 4. The third-order valence-electron chi connectivity index (χ3n) is 13.3. The van der Waals surface area contributed by atoms with Crippen molar-refractivity contribution in [2.24, 2.45) is 16.6 Å². The highest BCUT2D eigenvalue weighted by molar-refractivity contribution is 5.79. The molecule has 10 rings (SSSR count).